The molecule has 6 nitrogen and oxygen atoms in total. The number of nitrogens with zero attached hydrogens (tertiary/aromatic N) is 1. The molecule has 6 heteroatoms. The number of hydrogen-bond donors (Lipinski definition) is 2. The molecule has 0 saturated heterocycles. The molecule has 1 aromatic carbocycles. The summed E-state index contributed by atoms with van der Waals surface area (Å²) in [7, 11) is 0. The van der Waals surface area contributed by atoms with E-state index in [1.54, 1.807) is 12.3 Å². The predicted octanol–water partition coefficient (Wildman–Crippen LogP) is 4.14. The van der Waals surface area contributed by atoms with E-state index < -0.39 is 0 Å². The smallest absolute Gasteiger partial charge is 0.267 e. The summed E-state index contributed by atoms with van der Waals surface area (Å²) in [5.41, 5.74) is 2.62. The summed E-state index contributed by atoms with van der Waals surface area (Å²) in [6.07, 6.45) is 6.45. The van der Waals surface area contributed by atoms with Gasteiger partial charge in [-0.05, 0) is 18.9 Å². The van der Waals surface area contributed by atoms with Crippen molar-refractivity contribution < 1.29 is 14.1 Å². The Bertz CT molecular complexity index is 982. The van der Waals surface area contributed by atoms with E-state index in [1.807, 2.05) is 37.3 Å². The number of amides is 1. The highest BCUT2D eigenvalue weighted by Crippen LogP contribution is 2.28. The maximum absolute atomic E-state index is 13.2. The van der Waals surface area contributed by atoms with E-state index in [0.717, 1.165) is 31.2 Å². The SMILES string of the molecule is CCc1onc(-c2ccccc2)c1C(=O)c1c[nH]c(C(=O)NC2CCCC2)c1. The van der Waals surface area contributed by atoms with Gasteiger partial charge in [-0.1, -0.05) is 55.3 Å². The van der Waals surface area contributed by atoms with Crippen molar-refractivity contribution >= 4 is 11.7 Å². The van der Waals surface area contributed by atoms with Crippen molar-refractivity contribution in [3.05, 3.63) is 65.2 Å². The summed E-state index contributed by atoms with van der Waals surface area (Å²) in [4.78, 5) is 28.6. The lowest BCUT2D eigenvalue weighted by molar-refractivity contribution is 0.0933. The van der Waals surface area contributed by atoms with Gasteiger partial charge in [0.05, 0.1) is 5.56 Å². The van der Waals surface area contributed by atoms with Gasteiger partial charge in [0.25, 0.3) is 5.91 Å². The van der Waals surface area contributed by atoms with Crippen molar-refractivity contribution in [3.8, 4) is 11.3 Å². The van der Waals surface area contributed by atoms with Gasteiger partial charge < -0.3 is 14.8 Å². The molecule has 0 aliphatic heterocycles. The third-order valence-corrected chi connectivity index (χ3v) is 5.24. The molecule has 1 aliphatic carbocycles. The van der Waals surface area contributed by atoms with Crippen LogP contribution in [0.5, 0.6) is 0 Å². The molecule has 28 heavy (non-hydrogen) atoms. The maximum Gasteiger partial charge on any atom is 0.267 e. The topological polar surface area (TPSA) is 88.0 Å². The predicted molar refractivity (Wildman–Crippen MR) is 105 cm³/mol. The van der Waals surface area contributed by atoms with Crippen LogP contribution in [0.15, 0.2) is 47.1 Å². The molecule has 4 rings (SSSR count). The number of ketones is 1. The first-order chi connectivity index (χ1) is 13.7. The molecule has 144 valence electrons. The van der Waals surface area contributed by atoms with Gasteiger partial charge in [0.2, 0.25) is 0 Å². The zero-order valence-electron chi connectivity index (χ0n) is 15.8. The van der Waals surface area contributed by atoms with E-state index in [2.05, 4.69) is 15.5 Å². The van der Waals surface area contributed by atoms with Gasteiger partial charge in [0.15, 0.2) is 5.78 Å². The molecule has 0 bridgehead atoms. The fourth-order valence-corrected chi connectivity index (χ4v) is 3.73. The summed E-state index contributed by atoms with van der Waals surface area (Å²) < 4.78 is 5.42. The largest absolute Gasteiger partial charge is 0.360 e. The Morgan fingerprint density at radius 2 is 1.96 bits per heavy atom. The van der Waals surface area contributed by atoms with Crippen LogP contribution in [0, 0.1) is 0 Å². The average molecular weight is 377 g/mol. The molecule has 0 unspecified atom stereocenters. The van der Waals surface area contributed by atoms with Crippen LogP contribution < -0.4 is 5.32 Å². The zero-order chi connectivity index (χ0) is 19.5. The van der Waals surface area contributed by atoms with Gasteiger partial charge in [-0.25, -0.2) is 0 Å². The molecule has 2 heterocycles. The molecule has 1 saturated carbocycles. The minimum absolute atomic E-state index is 0.171. The Hall–Kier alpha value is -3.15. The van der Waals surface area contributed by atoms with Crippen molar-refractivity contribution in [2.24, 2.45) is 0 Å². The summed E-state index contributed by atoms with van der Waals surface area (Å²) >= 11 is 0. The highest BCUT2D eigenvalue weighted by Gasteiger charge is 2.26. The van der Waals surface area contributed by atoms with Crippen LogP contribution >= 0.6 is 0 Å². The first kappa shape index (κ1) is 18.2. The second-order valence-corrected chi connectivity index (χ2v) is 7.13. The van der Waals surface area contributed by atoms with Gasteiger partial charge >= 0.3 is 0 Å². The highest BCUT2D eigenvalue weighted by atomic mass is 16.5. The van der Waals surface area contributed by atoms with Crippen LogP contribution in [0.4, 0.5) is 0 Å². The highest BCUT2D eigenvalue weighted by molar-refractivity contribution is 6.13. The number of benzene rings is 1. The lowest BCUT2D eigenvalue weighted by Gasteiger charge is -2.10. The molecule has 0 spiro atoms. The number of H-pyrrole nitrogens is 1. The average Bonchev–Trinajstić information content (AvgIpc) is 3.47. The van der Waals surface area contributed by atoms with Crippen molar-refractivity contribution in [1.82, 2.24) is 15.5 Å². The van der Waals surface area contributed by atoms with Crippen molar-refractivity contribution in [2.45, 2.75) is 45.1 Å². The van der Waals surface area contributed by atoms with E-state index >= 15 is 0 Å². The lowest BCUT2D eigenvalue weighted by Crippen LogP contribution is -2.32. The second-order valence-electron chi connectivity index (χ2n) is 7.13. The minimum atomic E-state index is -0.201. The third-order valence-electron chi connectivity index (χ3n) is 5.24. The molecule has 1 fully saturated rings. The molecule has 0 atom stereocenters. The molecular weight excluding hydrogens is 354 g/mol. The Balaban J connectivity index is 1.61. The van der Waals surface area contributed by atoms with Crippen molar-refractivity contribution in [2.75, 3.05) is 0 Å². The second kappa shape index (κ2) is 7.84. The standard InChI is InChI=1S/C22H23N3O3/c1-2-18-19(20(25-28-18)14-8-4-3-5-9-14)21(26)15-12-17(23-13-15)22(27)24-16-10-6-7-11-16/h3-5,8-9,12-13,16,23H,2,6-7,10-11H2,1H3,(H,24,27). The van der Waals surface area contributed by atoms with Crippen LogP contribution in [0.1, 0.15) is 64.8 Å². The fourth-order valence-electron chi connectivity index (χ4n) is 3.73. The van der Waals surface area contributed by atoms with E-state index in [0.29, 0.717) is 34.7 Å². The molecular formula is C22H23N3O3. The molecule has 2 aromatic heterocycles. The normalized spacial score (nSPS) is 14.3. The van der Waals surface area contributed by atoms with Gasteiger partial charge in [0, 0.05) is 29.8 Å². The minimum Gasteiger partial charge on any atom is -0.360 e. The number of aromatic nitrogens is 2. The number of carbonyl (C=O) groups is 2. The van der Waals surface area contributed by atoms with Gasteiger partial charge in [-0.15, -0.1) is 0 Å². The van der Waals surface area contributed by atoms with Crippen LogP contribution in [-0.2, 0) is 6.42 Å². The summed E-state index contributed by atoms with van der Waals surface area (Å²) in [6, 6.07) is 11.3. The molecule has 2 N–H and O–H groups in total. The summed E-state index contributed by atoms with van der Waals surface area (Å²) in [5, 5.41) is 7.16. The van der Waals surface area contributed by atoms with Gasteiger partial charge in [-0.2, -0.15) is 0 Å². The number of carbonyl (C=O) groups excluding carboxylic acids is 2. The number of rotatable bonds is 6. The first-order valence-electron chi connectivity index (χ1n) is 9.75. The quantitative estimate of drug-likeness (QED) is 0.632. The van der Waals surface area contributed by atoms with E-state index in [1.165, 1.54) is 0 Å². The van der Waals surface area contributed by atoms with Crippen molar-refractivity contribution in [3.63, 3.8) is 0 Å². The van der Waals surface area contributed by atoms with Crippen LogP contribution in [0.3, 0.4) is 0 Å². The summed E-state index contributed by atoms with van der Waals surface area (Å²) in [6.45, 7) is 1.92. The van der Waals surface area contributed by atoms with E-state index in [9.17, 15) is 9.59 Å². The molecule has 1 amide bonds. The Kier molecular flexibility index (Phi) is 5.10. The van der Waals surface area contributed by atoms with Gasteiger partial charge in [-0.3, -0.25) is 9.59 Å². The number of aryl methyl sites for hydroxylation is 1. The third kappa shape index (κ3) is 3.50. The lowest BCUT2D eigenvalue weighted by atomic mass is 9.98. The Morgan fingerprint density at radius 1 is 1.21 bits per heavy atom. The van der Waals surface area contributed by atoms with Crippen LogP contribution in [0.25, 0.3) is 11.3 Å². The first-order valence-corrected chi connectivity index (χ1v) is 9.75. The molecule has 3 aromatic rings. The molecule has 1 aliphatic rings. The number of hydrogen-bond acceptors (Lipinski definition) is 4. The zero-order valence-corrected chi connectivity index (χ0v) is 15.8. The van der Waals surface area contributed by atoms with Gasteiger partial charge in [0.1, 0.15) is 17.1 Å². The number of aromatic amines is 1. The Labute approximate surface area is 163 Å². The fraction of sp³-hybridized carbons (Fsp3) is 0.318. The Morgan fingerprint density at radius 3 is 2.68 bits per heavy atom. The molecule has 0 radical (unpaired) electrons. The van der Waals surface area contributed by atoms with E-state index in [-0.39, 0.29) is 17.7 Å². The summed E-state index contributed by atoms with van der Waals surface area (Å²) in [5.74, 6) is 0.172. The monoisotopic (exact) mass is 377 g/mol. The van der Waals surface area contributed by atoms with E-state index in [4.69, 9.17) is 4.52 Å². The maximum atomic E-state index is 13.2. The van der Waals surface area contributed by atoms with Crippen molar-refractivity contribution in [1.29, 1.82) is 0 Å². The van der Waals surface area contributed by atoms with Crippen LogP contribution in [-0.4, -0.2) is 27.9 Å². The van der Waals surface area contributed by atoms with Crippen LogP contribution in [0.2, 0.25) is 0 Å². The number of nitrogens with one attached hydrogen (secondary N) is 2.